The molecule has 0 saturated carbocycles. The van der Waals surface area contributed by atoms with Crippen LogP contribution in [0.2, 0.25) is 0 Å². The van der Waals surface area contributed by atoms with E-state index in [-0.39, 0.29) is 0 Å². The van der Waals surface area contributed by atoms with E-state index in [1.54, 1.807) is 12.6 Å². The average molecular weight is 329 g/mol. The van der Waals surface area contributed by atoms with Gasteiger partial charge >= 0.3 is 0 Å². The Balaban J connectivity index is 1.46. The Labute approximate surface area is 144 Å². The minimum atomic E-state index is 0.384. The van der Waals surface area contributed by atoms with Crippen molar-refractivity contribution in [3.05, 3.63) is 41.7 Å². The molecule has 24 heavy (non-hydrogen) atoms. The third kappa shape index (κ3) is 4.15. The van der Waals surface area contributed by atoms with Gasteiger partial charge in [-0.3, -0.25) is 4.90 Å². The molecule has 0 bridgehead atoms. The zero-order valence-corrected chi connectivity index (χ0v) is 14.9. The number of rotatable bonds is 6. The van der Waals surface area contributed by atoms with Crippen molar-refractivity contribution >= 4 is 0 Å². The molecule has 2 aromatic heterocycles. The topological polar surface area (TPSA) is 51.4 Å². The fourth-order valence-corrected chi connectivity index (χ4v) is 3.21. The lowest BCUT2D eigenvalue weighted by Gasteiger charge is -2.31. The Hall–Kier alpha value is -1.88. The van der Waals surface area contributed by atoms with Gasteiger partial charge in [0.1, 0.15) is 5.76 Å². The highest BCUT2D eigenvalue weighted by atomic mass is 16.5. The molecule has 0 aromatic carbocycles. The molecular formula is C19H27N3O2. The summed E-state index contributed by atoms with van der Waals surface area (Å²) < 4.78 is 11.4. The number of aryl methyl sites for hydroxylation is 1. The van der Waals surface area contributed by atoms with Crippen molar-refractivity contribution in [2.75, 3.05) is 19.7 Å². The molecule has 1 saturated heterocycles. The Bertz CT molecular complexity index is 646. The van der Waals surface area contributed by atoms with Gasteiger partial charge in [0.2, 0.25) is 5.88 Å². The molecular weight excluding hydrogens is 302 g/mol. The molecule has 3 heterocycles. The van der Waals surface area contributed by atoms with Gasteiger partial charge in [0, 0.05) is 24.2 Å². The fourth-order valence-electron chi connectivity index (χ4n) is 3.21. The van der Waals surface area contributed by atoms with Crippen molar-refractivity contribution in [2.45, 2.75) is 46.1 Å². The second kappa shape index (κ2) is 7.79. The highest BCUT2D eigenvalue weighted by molar-refractivity contribution is 5.23. The number of piperidine rings is 1. The molecule has 0 amide bonds. The van der Waals surface area contributed by atoms with Crippen LogP contribution < -0.4 is 4.74 Å². The summed E-state index contributed by atoms with van der Waals surface area (Å²) in [7, 11) is 0. The smallest absolute Gasteiger partial charge is 0.216 e. The zero-order chi connectivity index (χ0) is 16.9. The number of likely N-dealkylation sites (tertiary alicyclic amines) is 1. The van der Waals surface area contributed by atoms with Gasteiger partial charge in [-0.1, -0.05) is 19.9 Å². The zero-order valence-electron chi connectivity index (χ0n) is 14.9. The van der Waals surface area contributed by atoms with Crippen molar-refractivity contribution in [1.29, 1.82) is 0 Å². The molecule has 0 spiro atoms. The normalized spacial score (nSPS) is 16.7. The number of hydrogen-bond donors (Lipinski definition) is 0. The first-order chi connectivity index (χ1) is 11.6. The average Bonchev–Trinajstić information content (AvgIpc) is 3.04. The summed E-state index contributed by atoms with van der Waals surface area (Å²) in [5.74, 6) is 2.77. The fraction of sp³-hybridized carbons (Fsp3) is 0.579. The summed E-state index contributed by atoms with van der Waals surface area (Å²) in [4.78, 5) is 11.2. The minimum absolute atomic E-state index is 0.384. The van der Waals surface area contributed by atoms with E-state index in [1.165, 1.54) is 0 Å². The predicted molar refractivity (Wildman–Crippen MR) is 93.1 cm³/mol. The SMILES string of the molecule is Cc1cccnc1OCC1CCN(Cc2ncoc2C(C)C)CC1. The number of pyridine rings is 1. The van der Waals surface area contributed by atoms with Crippen LogP contribution in [-0.4, -0.2) is 34.6 Å². The monoisotopic (exact) mass is 329 g/mol. The maximum atomic E-state index is 5.91. The van der Waals surface area contributed by atoms with Crippen molar-refractivity contribution in [3.63, 3.8) is 0 Å². The van der Waals surface area contributed by atoms with Crippen molar-refractivity contribution in [1.82, 2.24) is 14.9 Å². The van der Waals surface area contributed by atoms with Gasteiger partial charge in [0.15, 0.2) is 6.39 Å². The number of ether oxygens (including phenoxy) is 1. The van der Waals surface area contributed by atoms with Crippen LogP contribution in [0.3, 0.4) is 0 Å². The third-order valence-corrected chi connectivity index (χ3v) is 4.69. The number of aromatic nitrogens is 2. The Morgan fingerprint density at radius 1 is 1.29 bits per heavy atom. The van der Waals surface area contributed by atoms with Gasteiger partial charge in [-0.25, -0.2) is 9.97 Å². The van der Waals surface area contributed by atoms with E-state index in [0.717, 1.165) is 62.0 Å². The predicted octanol–water partition coefficient (Wildman–Crippen LogP) is 3.79. The van der Waals surface area contributed by atoms with E-state index in [0.29, 0.717) is 11.8 Å². The summed E-state index contributed by atoms with van der Waals surface area (Å²) in [6, 6.07) is 3.98. The Kier molecular flexibility index (Phi) is 5.51. The van der Waals surface area contributed by atoms with Gasteiger partial charge in [-0.2, -0.15) is 0 Å². The number of nitrogens with zero attached hydrogens (tertiary/aromatic N) is 3. The van der Waals surface area contributed by atoms with Crippen LogP contribution in [0.25, 0.3) is 0 Å². The van der Waals surface area contributed by atoms with Crippen LogP contribution in [0.5, 0.6) is 5.88 Å². The van der Waals surface area contributed by atoms with Gasteiger partial charge in [-0.15, -0.1) is 0 Å². The summed E-state index contributed by atoms with van der Waals surface area (Å²) >= 11 is 0. The van der Waals surface area contributed by atoms with Crippen molar-refractivity contribution in [2.24, 2.45) is 5.92 Å². The molecule has 3 rings (SSSR count). The lowest BCUT2D eigenvalue weighted by Crippen LogP contribution is -2.35. The molecule has 1 fully saturated rings. The van der Waals surface area contributed by atoms with Crippen molar-refractivity contribution in [3.8, 4) is 5.88 Å². The highest BCUT2D eigenvalue weighted by Gasteiger charge is 2.22. The van der Waals surface area contributed by atoms with E-state index in [2.05, 4.69) is 28.7 Å². The van der Waals surface area contributed by atoms with Crippen LogP contribution in [0.1, 0.15) is 49.6 Å². The molecule has 1 aliphatic rings. The molecule has 1 aliphatic heterocycles. The second-order valence-corrected chi connectivity index (χ2v) is 6.97. The molecule has 0 atom stereocenters. The highest BCUT2D eigenvalue weighted by Crippen LogP contribution is 2.24. The first kappa shape index (κ1) is 17.0. The standard InChI is InChI=1S/C19H27N3O2/c1-14(2)18-17(21-13-24-18)11-22-9-6-16(7-10-22)12-23-19-15(3)5-4-8-20-19/h4-5,8,13-14,16H,6-7,9-12H2,1-3H3. The molecule has 0 aliphatic carbocycles. The molecule has 5 nitrogen and oxygen atoms in total. The molecule has 0 radical (unpaired) electrons. The summed E-state index contributed by atoms with van der Waals surface area (Å²) in [5, 5.41) is 0. The summed E-state index contributed by atoms with van der Waals surface area (Å²) in [6.07, 6.45) is 5.66. The summed E-state index contributed by atoms with van der Waals surface area (Å²) in [6.45, 7) is 10.1. The summed E-state index contributed by atoms with van der Waals surface area (Å²) in [5.41, 5.74) is 2.19. The van der Waals surface area contributed by atoms with E-state index in [4.69, 9.17) is 9.15 Å². The number of oxazole rings is 1. The van der Waals surface area contributed by atoms with Gasteiger partial charge in [-0.05, 0) is 44.8 Å². The van der Waals surface area contributed by atoms with E-state index < -0.39 is 0 Å². The number of hydrogen-bond acceptors (Lipinski definition) is 5. The lowest BCUT2D eigenvalue weighted by molar-refractivity contribution is 0.133. The third-order valence-electron chi connectivity index (χ3n) is 4.69. The van der Waals surface area contributed by atoms with Gasteiger partial charge in [0.05, 0.1) is 12.3 Å². The van der Waals surface area contributed by atoms with Crippen LogP contribution in [-0.2, 0) is 6.54 Å². The van der Waals surface area contributed by atoms with Crippen LogP contribution in [0.4, 0.5) is 0 Å². The maximum Gasteiger partial charge on any atom is 0.216 e. The van der Waals surface area contributed by atoms with Gasteiger partial charge in [0.25, 0.3) is 0 Å². The maximum absolute atomic E-state index is 5.91. The largest absolute Gasteiger partial charge is 0.477 e. The van der Waals surface area contributed by atoms with Crippen molar-refractivity contribution < 1.29 is 9.15 Å². The molecule has 0 N–H and O–H groups in total. The first-order valence-electron chi connectivity index (χ1n) is 8.82. The quantitative estimate of drug-likeness (QED) is 0.807. The molecule has 2 aromatic rings. The van der Waals surface area contributed by atoms with E-state index in [1.807, 2.05) is 19.1 Å². The van der Waals surface area contributed by atoms with E-state index in [9.17, 15) is 0 Å². The Morgan fingerprint density at radius 3 is 2.79 bits per heavy atom. The van der Waals surface area contributed by atoms with Crippen LogP contribution in [0.15, 0.2) is 29.1 Å². The van der Waals surface area contributed by atoms with E-state index >= 15 is 0 Å². The first-order valence-corrected chi connectivity index (χ1v) is 8.82. The molecule has 5 heteroatoms. The van der Waals surface area contributed by atoms with Gasteiger partial charge < -0.3 is 9.15 Å². The Morgan fingerprint density at radius 2 is 2.08 bits per heavy atom. The lowest BCUT2D eigenvalue weighted by atomic mass is 9.97. The van der Waals surface area contributed by atoms with Crippen LogP contribution >= 0.6 is 0 Å². The minimum Gasteiger partial charge on any atom is -0.477 e. The molecule has 130 valence electrons. The second-order valence-electron chi connectivity index (χ2n) is 6.97. The van der Waals surface area contributed by atoms with Crippen LogP contribution in [0, 0.1) is 12.8 Å². The molecule has 0 unspecified atom stereocenters.